The maximum absolute atomic E-state index is 5.19. The van der Waals surface area contributed by atoms with Crippen molar-refractivity contribution in [3.05, 3.63) is 0 Å². The van der Waals surface area contributed by atoms with Gasteiger partial charge in [-0.05, 0) is 0 Å². The quantitative estimate of drug-likeness (QED) is 0.336. The van der Waals surface area contributed by atoms with Crippen LogP contribution in [0.5, 0.6) is 0 Å². The Morgan fingerprint density at radius 2 is 2.57 bits per heavy atom. The van der Waals surface area contributed by atoms with Crippen molar-refractivity contribution in [1.82, 2.24) is 0 Å². The van der Waals surface area contributed by atoms with Crippen LogP contribution in [-0.2, 0) is 4.84 Å². The highest BCUT2D eigenvalue weighted by molar-refractivity contribution is 4.79. The van der Waals surface area contributed by atoms with Gasteiger partial charge in [0.2, 0.25) is 0 Å². The molecule has 0 aromatic carbocycles. The van der Waals surface area contributed by atoms with Crippen molar-refractivity contribution >= 4 is 0 Å². The van der Waals surface area contributed by atoms with Crippen LogP contribution in [0, 0.1) is 0 Å². The van der Waals surface area contributed by atoms with Crippen LogP contribution in [0.1, 0.15) is 6.42 Å². The van der Waals surface area contributed by atoms with Crippen molar-refractivity contribution in [1.29, 1.82) is 0 Å². The highest BCUT2D eigenvalue weighted by Crippen LogP contribution is 2.43. The molecule has 0 aromatic rings. The molecule has 2 rings (SSSR count). The minimum atomic E-state index is 0.907. The Bertz CT molecular complexity index is 94.7. The van der Waals surface area contributed by atoms with Gasteiger partial charge in [0.15, 0.2) is 12.6 Å². The Morgan fingerprint density at radius 3 is 2.57 bits per heavy atom. The molecule has 0 aliphatic carbocycles. The third-order valence-electron chi connectivity index (χ3n) is 2.26. The molecular formula is C5H10NO+. The van der Waals surface area contributed by atoms with Gasteiger partial charge in [-0.15, -0.1) is 0 Å². The normalized spacial score (nSPS) is 55.3. The van der Waals surface area contributed by atoms with Gasteiger partial charge >= 0.3 is 0 Å². The molecule has 0 radical (unpaired) electrons. The van der Waals surface area contributed by atoms with Gasteiger partial charge in [0.25, 0.3) is 0 Å². The molecule has 0 N–H and O–H groups in total. The lowest BCUT2D eigenvalue weighted by Gasteiger charge is -2.21. The maximum Gasteiger partial charge on any atom is 0.177 e. The highest BCUT2D eigenvalue weighted by Gasteiger charge is 2.65. The second kappa shape index (κ2) is 0.858. The first kappa shape index (κ1) is 3.87. The monoisotopic (exact) mass is 100 g/mol. The summed E-state index contributed by atoms with van der Waals surface area (Å²) in [6.07, 6.45) is 1.40. The van der Waals surface area contributed by atoms with Crippen LogP contribution in [0.3, 0.4) is 0 Å². The van der Waals surface area contributed by atoms with E-state index < -0.39 is 0 Å². The van der Waals surface area contributed by atoms with Gasteiger partial charge in [0.1, 0.15) is 6.54 Å². The first-order valence-electron chi connectivity index (χ1n) is 2.80. The standard InChI is InChI=1S/C5H10NO/c1-7-6-3-2-5(6)4-6/h5H,2-4H2,1H3/q+1. The Kier molecular flexibility index (Phi) is 0.474. The van der Waals surface area contributed by atoms with E-state index in [1.807, 2.05) is 0 Å². The molecule has 0 amide bonds. The smallest absolute Gasteiger partial charge is 0.177 e. The van der Waals surface area contributed by atoms with E-state index in [1.165, 1.54) is 19.5 Å². The zero-order chi connectivity index (χ0) is 4.91. The Hall–Kier alpha value is -0.0800. The number of hydrogen-bond acceptors (Lipinski definition) is 1. The summed E-state index contributed by atoms with van der Waals surface area (Å²) in [6.45, 7) is 2.55. The fourth-order valence-corrected chi connectivity index (χ4v) is 1.41. The van der Waals surface area contributed by atoms with Crippen molar-refractivity contribution in [3.8, 4) is 0 Å². The van der Waals surface area contributed by atoms with Crippen molar-refractivity contribution in [2.45, 2.75) is 12.5 Å². The van der Waals surface area contributed by atoms with E-state index in [4.69, 9.17) is 4.84 Å². The van der Waals surface area contributed by atoms with E-state index in [-0.39, 0.29) is 0 Å². The van der Waals surface area contributed by atoms with E-state index in [2.05, 4.69) is 0 Å². The number of hydroxylamine groups is 3. The summed E-state index contributed by atoms with van der Waals surface area (Å²) < 4.78 is 0.986. The molecular weight excluding hydrogens is 90.1 g/mol. The topological polar surface area (TPSA) is 9.23 Å². The molecule has 0 bridgehead atoms. The van der Waals surface area contributed by atoms with E-state index in [1.54, 1.807) is 7.11 Å². The van der Waals surface area contributed by atoms with Crippen LogP contribution in [0.25, 0.3) is 0 Å². The van der Waals surface area contributed by atoms with Crippen LogP contribution >= 0.6 is 0 Å². The zero-order valence-electron chi connectivity index (χ0n) is 4.55. The second-order valence-corrected chi connectivity index (χ2v) is 2.48. The molecule has 2 aliphatic rings. The van der Waals surface area contributed by atoms with E-state index in [9.17, 15) is 0 Å². The van der Waals surface area contributed by atoms with Crippen molar-refractivity contribution in [2.75, 3.05) is 20.2 Å². The summed E-state index contributed by atoms with van der Waals surface area (Å²) in [7, 11) is 1.80. The van der Waals surface area contributed by atoms with Crippen LogP contribution in [0.15, 0.2) is 0 Å². The molecule has 2 aliphatic heterocycles. The molecule has 2 heterocycles. The molecule has 2 fully saturated rings. The first-order chi connectivity index (χ1) is 3.37. The van der Waals surface area contributed by atoms with Gasteiger partial charge in [0, 0.05) is 0 Å². The summed E-state index contributed by atoms with van der Waals surface area (Å²) in [5.74, 6) is 0. The van der Waals surface area contributed by atoms with Crippen molar-refractivity contribution in [3.63, 3.8) is 0 Å². The molecule has 2 unspecified atom stereocenters. The minimum absolute atomic E-state index is 0.907. The lowest BCUT2D eigenvalue weighted by molar-refractivity contribution is -1.04. The third-order valence-corrected chi connectivity index (χ3v) is 2.26. The molecule has 0 spiro atoms. The predicted octanol–water partition coefficient (Wildman–Crippen LogP) is 0.151. The zero-order valence-corrected chi connectivity index (χ0v) is 4.55. The van der Waals surface area contributed by atoms with Gasteiger partial charge in [0.05, 0.1) is 13.5 Å². The van der Waals surface area contributed by atoms with Crippen LogP contribution < -0.4 is 0 Å². The third kappa shape index (κ3) is 0.283. The Morgan fingerprint density at radius 1 is 1.71 bits per heavy atom. The second-order valence-electron chi connectivity index (χ2n) is 2.48. The van der Waals surface area contributed by atoms with Gasteiger partial charge in [-0.2, -0.15) is 4.65 Å². The average Bonchev–Trinajstić information content (AvgIpc) is 2.12. The van der Waals surface area contributed by atoms with Gasteiger partial charge in [-0.1, -0.05) is 0 Å². The lowest BCUT2D eigenvalue weighted by Crippen LogP contribution is -2.38. The van der Waals surface area contributed by atoms with E-state index in [0.717, 1.165) is 10.7 Å². The summed E-state index contributed by atoms with van der Waals surface area (Å²) in [5.41, 5.74) is 0. The Labute approximate surface area is 43.2 Å². The average molecular weight is 100 g/mol. The summed E-state index contributed by atoms with van der Waals surface area (Å²) in [5, 5.41) is 0. The van der Waals surface area contributed by atoms with Gasteiger partial charge in [-0.25, -0.2) is 4.84 Å². The Balaban J connectivity index is 2.06. The van der Waals surface area contributed by atoms with Crippen LogP contribution in [0.4, 0.5) is 0 Å². The van der Waals surface area contributed by atoms with Crippen LogP contribution in [-0.4, -0.2) is 30.9 Å². The molecule has 0 saturated carbocycles. The first-order valence-corrected chi connectivity index (χ1v) is 2.80. The summed E-state index contributed by atoms with van der Waals surface area (Å²) in [6, 6.07) is 0.907. The predicted molar refractivity (Wildman–Crippen MR) is 25.4 cm³/mol. The van der Waals surface area contributed by atoms with Gasteiger partial charge < -0.3 is 0 Å². The van der Waals surface area contributed by atoms with E-state index in [0.29, 0.717) is 0 Å². The molecule has 2 atom stereocenters. The summed E-state index contributed by atoms with van der Waals surface area (Å²) >= 11 is 0. The fourth-order valence-electron chi connectivity index (χ4n) is 1.41. The largest absolute Gasteiger partial charge is 0.206 e. The molecule has 2 nitrogen and oxygen atoms in total. The molecule has 2 heteroatoms. The van der Waals surface area contributed by atoms with Crippen molar-refractivity contribution < 1.29 is 9.48 Å². The molecule has 2 saturated heterocycles. The van der Waals surface area contributed by atoms with Crippen LogP contribution in [0.2, 0.25) is 0 Å². The van der Waals surface area contributed by atoms with E-state index >= 15 is 0 Å². The number of fused-ring (bicyclic) bond motifs is 1. The molecule has 7 heavy (non-hydrogen) atoms. The maximum atomic E-state index is 5.19. The lowest BCUT2D eigenvalue weighted by atomic mass is 10.2. The molecule has 0 aromatic heterocycles. The summed E-state index contributed by atoms with van der Waals surface area (Å²) in [4.78, 5) is 5.19. The van der Waals surface area contributed by atoms with Gasteiger partial charge in [-0.3, -0.25) is 0 Å². The highest BCUT2D eigenvalue weighted by atomic mass is 16.7. The molecule has 40 valence electrons. The number of quaternary nitrogens is 1. The fraction of sp³-hybridized carbons (Fsp3) is 1.00. The number of nitrogens with zero attached hydrogens (tertiary/aromatic N) is 1. The number of rotatable bonds is 1. The minimum Gasteiger partial charge on any atom is -0.206 e. The number of hydrogen-bond donors (Lipinski definition) is 0. The SMILES string of the molecule is CO[N+]12CCC1C2. The van der Waals surface area contributed by atoms with Crippen molar-refractivity contribution in [2.24, 2.45) is 0 Å².